The summed E-state index contributed by atoms with van der Waals surface area (Å²) in [7, 11) is 0. The molecule has 0 fully saturated rings. The molecule has 2 N–H and O–H groups in total. The molecule has 2 aromatic carbocycles. The average molecular weight is 437 g/mol. The Bertz CT molecular complexity index is 1250. The van der Waals surface area contributed by atoms with Gasteiger partial charge in [0.15, 0.2) is 11.5 Å². The number of halogens is 4. The van der Waals surface area contributed by atoms with E-state index < -0.39 is 22.8 Å². The van der Waals surface area contributed by atoms with Crippen LogP contribution in [-0.2, 0) is 0 Å². The van der Waals surface area contributed by atoms with E-state index in [1.54, 1.807) is 0 Å². The number of nitrogens with one attached hydrogen (secondary N) is 2. The number of ketones is 1. The minimum Gasteiger partial charge on any atom is -0.479 e. The minimum atomic E-state index is -0.916. The lowest BCUT2D eigenvalue weighted by Crippen LogP contribution is -2.19. The molecule has 9 heteroatoms. The van der Waals surface area contributed by atoms with Crippen molar-refractivity contribution in [1.82, 2.24) is 4.98 Å². The molecule has 3 rings (SSSR count). The molecule has 0 radical (unpaired) electrons. The summed E-state index contributed by atoms with van der Waals surface area (Å²) < 4.78 is 32.6. The van der Waals surface area contributed by atoms with Crippen LogP contribution in [0.5, 0.6) is 5.75 Å². The fraction of sp³-hybridized carbons (Fsp3) is 0.100. The number of hydrogen-bond acceptors (Lipinski definition) is 4. The van der Waals surface area contributed by atoms with Crippen molar-refractivity contribution >= 4 is 51.4 Å². The molecule has 0 saturated carbocycles. The maximum atomic E-state index is 14.1. The van der Waals surface area contributed by atoms with Crippen molar-refractivity contribution < 1.29 is 18.3 Å². The first kappa shape index (κ1) is 20.6. The summed E-state index contributed by atoms with van der Waals surface area (Å²) in [6, 6.07) is 4.15. The number of terminal acetylenes is 1. The number of carbonyl (C=O) groups excluding carboxylic acids is 1. The Morgan fingerprint density at radius 3 is 2.62 bits per heavy atom. The van der Waals surface area contributed by atoms with E-state index in [9.17, 15) is 18.4 Å². The van der Waals surface area contributed by atoms with Crippen LogP contribution in [-0.4, -0.2) is 17.4 Å². The molecule has 0 aliphatic heterocycles. The lowest BCUT2D eigenvalue weighted by Gasteiger charge is -2.16. The monoisotopic (exact) mass is 436 g/mol. The van der Waals surface area contributed by atoms with E-state index in [2.05, 4.69) is 16.2 Å². The van der Waals surface area contributed by atoms with Gasteiger partial charge in [-0.25, -0.2) is 8.78 Å². The van der Waals surface area contributed by atoms with E-state index in [0.29, 0.717) is 6.07 Å². The van der Waals surface area contributed by atoms with Gasteiger partial charge in [0, 0.05) is 6.07 Å². The van der Waals surface area contributed by atoms with Crippen LogP contribution in [0.1, 0.15) is 17.3 Å². The topological polar surface area (TPSA) is 71.2 Å². The van der Waals surface area contributed by atoms with Crippen LogP contribution in [0.2, 0.25) is 10.0 Å². The standard InChI is InChI=1S/C20H12Cl2F2N2O3/c1-3-6-29-19-12(22)8-11(21)17-16(19)18(28)15(9(2)27)20(26-17)25-14-5-4-10(23)7-13(14)24/h1,4-5,7-8H,6H2,2H3,(H2,25,26,28). The normalized spacial score (nSPS) is 10.6. The Hall–Kier alpha value is -3.08. The lowest BCUT2D eigenvalue weighted by molar-refractivity contribution is 0.101. The summed E-state index contributed by atoms with van der Waals surface area (Å²) in [6.07, 6.45) is 5.20. The highest BCUT2D eigenvalue weighted by Gasteiger charge is 2.23. The van der Waals surface area contributed by atoms with Crippen molar-refractivity contribution in [2.24, 2.45) is 0 Å². The van der Waals surface area contributed by atoms with Gasteiger partial charge < -0.3 is 15.0 Å². The lowest BCUT2D eigenvalue weighted by atomic mass is 10.1. The number of H-pyrrole nitrogens is 1. The van der Waals surface area contributed by atoms with Crippen molar-refractivity contribution in [1.29, 1.82) is 0 Å². The van der Waals surface area contributed by atoms with Gasteiger partial charge in [-0.2, -0.15) is 0 Å². The maximum Gasteiger partial charge on any atom is 0.206 e. The number of pyridine rings is 1. The van der Waals surface area contributed by atoms with Crippen LogP contribution in [0.25, 0.3) is 10.9 Å². The zero-order valence-electron chi connectivity index (χ0n) is 14.8. The van der Waals surface area contributed by atoms with Crippen LogP contribution in [0.3, 0.4) is 0 Å². The van der Waals surface area contributed by atoms with Gasteiger partial charge in [-0.1, -0.05) is 29.1 Å². The van der Waals surface area contributed by atoms with Gasteiger partial charge in [-0.3, -0.25) is 9.59 Å². The molecule has 3 aromatic rings. The van der Waals surface area contributed by atoms with Gasteiger partial charge in [0.2, 0.25) is 5.43 Å². The second-order valence-electron chi connectivity index (χ2n) is 5.92. The Labute approximate surface area is 173 Å². The van der Waals surface area contributed by atoms with Gasteiger partial charge in [-0.05, 0) is 25.1 Å². The number of anilines is 2. The largest absolute Gasteiger partial charge is 0.479 e. The van der Waals surface area contributed by atoms with Gasteiger partial charge in [0.05, 0.1) is 26.6 Å². The van der Waals surface area contributed by atoms with Gasteiger partial charge in [0.1, 0.15) is 29.6 Å². The van der Waals surface area contributed by atoms with E-state index in [0.717, 1.165) is 19.1 Å². The average Bonchev–Trinajstić information content (AvgIpc) is 2.64. The molecule has 0 saturated heterocycles. The zero-order valence-corrected chi connectivity index (χ0v) is 16.3. The highest BCUT2D eigenvalue weighted by atomic mass is 35.5. The molecule has 0 unspecified atom stereocenters. The molecule has 0 atom stereocenters. The predicted octanol–water partition coefficient (Wildman–Crippen LogP) is 5.07. The van der Waals surface area contributed by atoms with E-state index in [4.69, 9.17) is 34.4 Å². The van der Waals surface area contributed by atoms with E-state index in [1.807, 2.05) is 0 Å². The quantitative estimate of drug-likeness (QED) is 0.432. The van der Waals surface area contributed by atoms with Crippen molar-refractivity contribution in [2.75, 3.05) is 11.9 Å². The summed E-state index contributed by atoms with van der Waals surface area (Å²) in [6.45, 7) is 0.989. The number of fused-ring (bicyclic) bond motifs is 1. The fourth-order valence-electron chi connectivity index (χ4n) is 2.78. The smallest absolute Gasteiger partial charge is 0.206 e. The second-order valence-corrected chi connectivity index (χ2v) is 6.74. The summed E-state index contributed by atoms with van der Waals surface area (Å²) >= 11 is 12.3. The molecular weight excluding hydrogens is 425 g/mol. The summed E-state index contributed by atoms with van der Waals surface area (Å²) in [5.41, 5.74) is -1.11. The maximum absolute atomic E-state index is 14.1. The minimum absolute atomic E-state index is 0.0306. The predicted molar refractivity (Wildman–Crippen MR) is 109 cm³/mol. The third-order valence-electron chi connectivity index (χ3n) is 3.98. The Morgan fingerprint density at radius 1 is 1.28 bits per heavy atom. The summed E-state index contributed by atoms with van der Waals surface area (Å²) in [5, 5.41) is 2.62. The Balaban J connectivity index is 2.32. The molecule has 29 heavy (non-hydrogen) atoms. The van der Waals surface area contributed by atoms with Crippen molar-refractivity contribution in [3.63, 3.8) is 0 Å². The third-order valence-corrected chi connectivity index (χ3v) is 4.56. The number of rotatable bonds is 5. The van der Waals surface area contributed by atoms with Crippen LogP contribution in [0.4, 0.5) is 20.3 Å². The SMILES string of the molecule is C#CCOc1c(Cl)cc(Cl)c2[nH]c(Nc3ccc(F)cc3F)c(C(C)=O)c(=O)c12. The van der Waals surface area contributed by atoms with Gasteiger partial charge in [-0.15, -0.1) is 6.42 Å². The fourth-order valence-corrected chi connectivity index (χ4v) is 3.34. The number of ether oxygens (including phenoxy) is 1. The molecule has 1 aromatic heterocycles. The number of aromatic amines is 1. The molecule has 0 aliphatic carbocycles. The highest BCUT2D eigenvalue weighted by Crippen LogP contribution is 2.37. The molecule has 148 valence electrons. The Kier molecular flexibility index (Phi) is 5.78. The van der Waals surface area contributed by atoms with Crippen molar-refractivity contribution in [2.45, 2.75) is 6.92 Å². The molecule has 0 amide bonds. The number of Topliss-reactive ketones (excluding diaryl/α,β-unsaturated/α-hetero) is 1. The first-order chi connectivity index (χ1) is 13.7. The highest BCUT2D eigenvalue weighted by molar-refractivity contribution is 6.39. The molecule has 0 spiro atoms. The number of benzene rings is 2. The van der Waals surface area contributed by atoms with Crippen LogP contribution in [0, 0.1) is 24.0 Å². The van der Waals surface area contributed by atoms with Crippen molar-refractivity contribution in [3.8, 4) is 18.1 Å². The Morgan fingerprint density at radius 2 is 2.00 bits per heavy atom. The zero-order chi connectivity index (χ0) is 21.3. The van der Waals surface area contributed by atoms with Crippen molar-refractivity contribution in [3.05, 3.63) is 61.7 Å². The second kappa shape index (κ2) is 8.11. The first-order valence-electron chi connectivity index (χ1n) is 8.11. The summed E-state index contributed by atoms with van der Waals surface area (Å²) in [5.74, 6) is -0.204. The van der Waals surface area contributed by atoms with Crippen LogP contribution >= 0.6 is 23.2 Å². The van der Waals surface area contributed by atoms with Crippen LogP contribution < -0.4 is 15.5 Å². The molecule has 0 aliphatic rings. The molecule has 5 nitrogen and oxygen atoms in total. The molecule has 1 heterocycles. The number of hydrogen-bond donors (Lipinski definition) is 2. The number of aromatic nitrogens is 1. The van der Waals surface area contributed by atoms with E-state index in [-0.39, 0.29) is 50.4 Å². The van der Waals surface area contributed by atoms with E-state index >= 15 is 0 Å². The van der Waals surface area contributed by atoms with Gasteiger partial charge >= 0.3 is 0 Å². The van der Waals surface area contributed by atoms with E-state index in [1.165, 1.54) is 6.07 Å². The first-order valence-corrected chi connectivity index (χ1v) is 8.87. The third kappa shape index (κ3) is 3.90. The van der Waals surface area contributed by atoms with Crippen LogP contribution in [0.15, 0.2) is 29.1 Å². The molecular formula is C20H12Cl2F2N2O3. The summed E-state index contributed by atoms with van der Waals surface area (Å²) in [4.78, 5) is 28.1. The van der Waals surface area contributed by atoms with Gasteiger partial charge in [0.25, 0.3) is 0 Å². The number of carbonyl (C=O) groups is 1. The molecule has 0 bridgehead atoms.